The molecule has 1 fully saturated rings. The molecular weight excluding hydrogens is 678 g/mol. The third kappa shape index (κ3) is 12.5. The second kappa shape index (κ2) is 20.8. The SMILES string of the molecule is CC[C@H](C)[C@@H]([C@@H](CC(=O)N1CCC[C@H]1[C@H](OC)[C@@H](C)C(=O)N(CC[C@H](C)C(=O)O)Cc1ccccc1)OC)N(C)C(=O)[C@@H](NC(=O)C(C)(C)N)C(C)C. The van der Waals surface area contributed by atoms with Gasteiger partial charge in [-0.25, -0.2) is 0 Å². The summed E-state index contributed by atoms with van der Waals surface area (Å²) >= 11 is 0. The molecule has 0 spiro atoms. The van der Waals surface area contributed by atoms with Gasteiger partial charge in [0.25, 0.3) is 0 Å². The number of methoxy groups -OCH3 is 2. The summed E-state index contributed by atoms with van der Waals surface area (Å²) in [6.07, 6.45) is 1.14. The number of aliphatic carboxylic acids is 1. The van der Waals surface area contributed by atoms with Gasteiger partial charge in [0.1, 0.15) is 6.04 Å². The molecule has 300 valence electrons. The van der Waals surface area contributed by atoms with Gasteiger partial charge in [-0.05, 0) is 50.5 Å². The molecule has 0 radical (unpaired) electrons. The number of likely N-dealkylation sites (tertiary alicyclic amines) is 1. The average Bonchev–Trinajstić information content (AvgIpc) is 3.60. The highest BCUT2D eigenvalue weighted by Crippen LogP contribution is 2.30. The zero-order valence-corrected chi connectivity index (χ0v) is 34.0. The average molecular weight is 746 g/mol. The first kappa shape index (κ1) is 45.6. The van der Waals surface area contributed by atoms with Crippen molar-refractivity contribution in [3.8, 4) is 0 Å². The number of hydrogen-bond donors (Lipinski definition) is 3. The van der Waals surface area contributed by atoms with Gasteiger partial charge in [0.2, 0.25) is 23.6 Å². The zero-order valence-electron chi connectivity index (χ0n) is 34.0. The van der Waals surface area contributed by atoms with Crippen molar-refractivity contribution in [3.05, 3.63) is 35.9 Å². The Morgan fingerprint density at radius 3 is 2.15 bits per heavy atom. The number of likely N-dealkylation sites (N-methyl/N-ethyl adjacent to an activating group) is 1. The van der Waals surface area contributed by atoms with Crippen LogP contribution in [0.25, 0.3) is 0 Å². The summed E-state index contributed by atoms with van der Waals surface area (Å²) in [4.78, 5) is 71.9. The van der Waals surface area contributed by atoms with E-state index in [1.54, 1.807) is 49.6 Å². The van der Waals surface area contributed by atoms with Crippen LogP contribution in [0.3, 0.4) is 0 Å². The quantitative estimate of drug-likeness (QED) is 0.169. The van der Waals surface area contributed by atoms with Crippen molar-refractivity contribution in [2.24, 2.45) is 29.4 Å². The van der Waals surface area contributed by atoms with Crippen molar-refractivity contribution in [1.82, 2.24) is 20.0 Å². The van der Waals surface area contributed by atoms with Crippen molar-refractivity contribution in [2.45, 2.75) is 130 Å². The van der Waals surface area contributed by atoms with Crippen LogP contribution in [-0.4, -0.2) is 120 Å². The normalized spacial score (nSPS) is 18.7. The molecule has 1 heterocycles. The highest BCUT2D eigenvalue weighted by molar-refractivity contribution is 5.91. The zero-order chi connectivity index (χ0) is 40.2. The Kier molecular flexibility index (Phi) is 17.9. The van der Waals surface area contributed by atoms with Crippen molar-refractivity contribution in [2.75, 3.05) is 34.4 Å². The van der Waals surface area contributed by atoms with Gasteiger partial charge in [-0.3, -0.25) is 24.0 Å². The van der Waals surface area contributed by atoms with E-state index in [0.717, 1.165) is 12.0 Å². The van der Waals surface area contributed by atoms with Gasteiger partial charge in [-0.2, -0.15) is 0 Å². The monoisotopic (exact) mass is 745 g/mol. The number of carbonyl (C=O) groups is 5. The van der Waals surface area contributed by atoms with Crippen LogP contribution < -0.4 is 11.1 Å². The van der Waals surface area contributed by atoms with Gasteiger partial charge in [0.15, 0.2) is 0 Å². The van der Waals surface area contributed by atoms with E-state index in [-0.39, 0.29) is 48.6 Å². The fraction of sp³-hybridized carbons (Fsp3) is 0.725. The molecule has 1 aromatic carbocycles. The van der Waals surface area contributed by atoms with E-state index in [1.165, 1.54) is 7.11 Å². The van der Waals surface area contributed by atoms with E-state index in [2.05, 4.69) is 5.32 Å². The third-order valence-corrected chi connectivity index (χ3v) is 10.8. The van der Waals surface area contributed by atoms with Gasteiger partial charge in [0, 0.05) is 40.9 Å². The second-order valence-electron chi connectivity index (χ2n) is 15.8. The molecule has 1 aliphatic heterocycles. The van der Waals surface area contributed by atoms with Crippen LogP contribution in [0, 0.1) is 23.7 Å². The van der Waals surface area contributed by atoms with E-state index < -0.39 is 53.5 Å². The van der Waals surface area contributed by atoms with E-state index in [0.29, 0.717) is 32.4 Å². The Hall–Kier alpha value is -3.55. The van der Waals surface area contributed by atoms with Crippen LogP contribution in [0.2, 0.25) is 0 Å². The Morgan fingerprint density at radius 2 is 1.64 bits per heavy atom. The predicted octanol–water partition coefficient (Wildman–Crippen LogP) is 3.92. The topological polar surface area (TPSA) is 172 Å². The Labute approximate surface area is 317 Å². The molecule has 8 atom stereocenters. The highest BCUT2D eigenvalue weighted by Gasteiger charge is 2.43. The molecule has 0 unspecified atom stereocenters. The van der Waals surface area contributed by atoms with Crippen LogP contribution in [0.5, 0.6) is 0 Å². The third-order valence-electron chi connectivity index (χ3n) is 10.8. The predicted molar refractivity (Wildman–Crippen MR) is 204 cm³/mol. The number of ether oxygens (including phenoxy) is 2. The molecule has 1 aromatic rings. The number of hydrogen-bond acceptors (Lipinski definition) is 8. The molecule has 0 saturated carbocycles. The molecular formula is C40H67N5O8. The molecule has 1 saturated heterocycles. The van der Waals surface area contributed by atoms with E-state index >= 15 is 0 Å². The summed E-state index contributed by atoms with van der Waals surface area (Å²) in [6.45, 7) is 15.4. The smallest absolute Gasteiger partial charge is 0.306 e. The highest BCUT2D eigenvalue weighted by atomic mass is 16.5. The van der Waals surface area contributed by atoms with Crippen LogP contribution in [0.1, 0.15) is 93.1 Å². The van der Waals surface area contributed by atoms with Crippen molar-refractivity contribution < 1.29 is 38.6 Å². The number of carbonyl (C=O) groups excluding carboxylic acids is 4. The van der Waals surface area contributed by atoms with Gasteiger partial charge in [0.05, 0.1) is 48.1 Å². The van der Waals surface area contributed by atoms with Gasteiger partial charge in [-0.1, -0.05) is 78.3 Å². The minimum absolute atomic E-state index is 0.000132. The first-order chi connectivity index (χ1) is 24.8. The molecule has 13 nitrogen and oxygen atoms in total. The molecule has 4 N–H and O–H groups in total. The number of nitrogens with zero attached hydrogens (tertiary/aromatic N) is 3. The Bertz CT molecular complexity index is 1350. The lowest BCUT2D eigenvalue weighted by atomic mass is 9.89. The number of nitrogens with one attached hydrogen (secondary N) is 1. The van der Waals surface area contributed by atoms with Gasteiger partial charge in [-0.15, -0.1) is 0 Å². The van der Waals surface area contributed by atoms with E-state index in [1.807, 2.05) is 65.0 Å². The van der Waals surface area contributed by atoms with Crippen LogP contribution >= 0.6 is 0 Å². The molecule has 2 rings (SSSR count). The Morgan fingerprint density at radius 1 is 1.02 bits per heavy atom. The number of carboxylic acid groups (broad SMARTS) is 1. The van der Waals surface area contributed by atoms with E-state index in [4.69, 9.17) is 15.2 Å². The van der Waals surface area contributed by atoms with Gasteiger partial charge < -0.3 is 40.3 Å². The first-order valence-electron chi connectivity index (χ1n) is 19.1. The number of amides is 4. The molecule has 0 aliphatic carbocycles. The number of carboxylic acids is 1. The maximum Gasteiger partial charge on any atom is 0.306 e. The largest absolute Gasteiger partial charge is 0.481 e. The molecule has 13 heteroatoms. The number of nitrogens with two attached hydrogens (primary N) is 1. The molecule has 4 amide bonds. The summed E-state index contributed by atoms with van der Waals surface area (Å²) in [6, 6.07) is 7.88. The number of benzene rings is 1. The van der Waals surface area contributed by atoms with Crippen LogP contribution in [0.15, 0.2) is 30.3 Å². The second-order valence-corrected chi connectivity index (χ2v) is 15.8. The minimum atomic E-state index is -1.17. The summed E-state index contributed by atoms with van der Waals surface area (Å²) in [7, 11) is 4.78. The summed E-state index contributed by atoms with van der Waals surface area (Å²) < 4.78 is 12.0. The van der Waals surface area contributed by atoms with Crippen molar-refractivity contribution in [3.63, 3.8) is 0 Å². The first-order valence-corrected chi connectivity index (χ1v) is 19.1. The lowest BCUT2D eigenvalue weighted by molar-refractivity contribution is -0.150. The van der Waals surface area contributed by atoms with Crippen LogP contribution in [-0.2, 0) is 40.0 Å². The molecule has 53 heavy (non-hydrogen) atoms. The fourth-order valence-corrected chi connectivity index (χ4v) is 7.19. The maximum atomic E-state index is 14.2. The summed E-state index contributed by atoms with van der Waals surface area (Å²) in [5.41, 5.74) is 5.79. The molecule has 0 aromatic heterocycles. The molecule has 0 bridgehead atoms. The summed E-state index contributed by atoms with van der Waals surface area (Å²) in [5, 5.41) is 12.3. The summed E-state index contributed by atoms with van der Waals surface area (Å²) in [5.74, 6) is -3.49. The lowest BCUT2D eigenvalue weighted by Gasteiger charge is -2.41. The Balaban J connectivity index is 2.33. The maximum absolute atomic E-state index is 14.2. The van der Waals surface area contributed by atoms with Crippen molar-refractivity contribution >= 4 is 29.6 Å². The standard InChI is InChI=1S/C40H67N5O8/c1-12-26(4)34(43(9)37(48)33(25(2)3)42-39(51)40(7,8)41)31(52-10)23-32(46)45-21-16-19-30(45)35(53-11)28(6)36(47)44(22-20-27(5)38(49)50)24-29-17-14-13-15-18-29/h13-15,17-18,25-28,30-31,33-35H,12,16,19-24,41H2,1-11H3,(H,42,51)(H,49,50)/t26-,27-,28+,30-,31+,33-,34-,35+/m0/s1. The fourth-order valence-electron chi connectivity index (χ4n) is 7.19. The molecule has 1 aliphatic rings. The number of rotatable bonds is 21. The van der Waals surface area contributed by atoms with Crippen molar-refractivity contribution in [1.29, 1.82) is 0 Å². The minimum Gasteiger partial charge on any atom is -0.481 e. The van der Waals surface area contributed by atoms with Gasteiger partial charge >= 0.3 is 5.97 Å². The van der Waals surface area contributed by atoms with Crippen LogP contribution in [0.4, 0.5) is 0 Å². The lowest BCUT2D eigenvalue weighted by Crippen LogP contribution is -2.60. The van der Waals surface area contributed by atoms with E-state index in [9.17, 15) is 29.1 Å².